The van der Waals surface area contributed by atoms with Crippen LogP contribution in [-0.4, -0.2) is 26.3 Å². The molecule has 144 valence electrons. The van der Waals surface area contributed by atoms with Crippen LogP contribution < -0.4 is 10.6 Å². The van der Waals surface area contributed by atoms with Crippen molar-refractivity contribution in [1.82, 2.24) is 10.2 Å². The summed E-state index contributed by atoms with van der Waals surface area (Å²) in [5.74, 6) is -0.345. The molecule has 0 saturated heterocycles. The number of para-hydroxylation sites is 2. The van der Waals surface area contributed by atoms with E-state index in [-0.39, 0.29) is 17.3 Å². The van der Waals surface area contributed by atoms with Gasteiger partial charge in [-0.25, -0.2) is 0 Å². The molecule has 1 heterocycles. The lowest BCUT2D eigenvalue weighted by Gasteiger charge is -2.10. The van der Waals surface area contributed by atoms with Crippen LogP contribution in [0.3, 0.4) is 0 Å². The zero-order chi connectivity index (χ0) is 20.1. The van der Waals surface area contributed by atoms with E-state index in [2.05, 4.69) is 20.8 Å². The summed E-state index contributed by atoms with van der Waals surface area (Å²) in [6, 6.07) is 13.9. The van der Waals surface area contributed by atoms with E-state index in [0.29, 0.717) is 9.47 Å². The van der Waals surface area contributed by atoms with Gasteiger partial charge in [-0.3, -0.25) is 14.9 Å². The van der Waals surface area contributed by atoms with Crippen molar-refractivity contribution in [3.8, 4) is 0 Å². The van der Waals surface area contributed by atoms with Gasteiger partial charge < -0.3 is 10.6 Å². The fourth-order valence-electron chi connectivity index (χ4n) is 2.25. The summed E-state index contributed by atoms with van der Waals surface area (Å²) in [6.07, 6.45) is 0. The van der Waals surface area contributed by atoms with Crippen LogP contribution in [0.2, 0.25) is 0 Å². The topological polar surface area (TPSA) is 110 Å². The van der Waals surface area contributed by atoms with Crippen molar-refractivity contribution in [2.45, 2.75) is 23.4 Å². The van der Waals surface area contributed by atoms with Crippen molar-refractivity contribution in [3.63, 3.8) is 0 Å². The number of rotatable bonds is 7. The predicted octanol–water partition coefficient (Wildman–Crippen LogP) is 4.62. The number of benzene rings is 2. The van der Waals surface area contributed by atoms with Gasteiger partial charge in [0, 0.05) is 11.8 Å². The number of nitro groups is 1. The standard InChI is InChI=1S/C18H17N5O3S2/c1-11-7-9-13(10-8-11)19-17-21-22-18(28-17)27-12(2)16(24)20-14-5-3-4-6-15(14)23(25)26/h3-10,12H,1-2H3,(H,19,21)(H,20,24)/t12-/m0/s1. The first-order chi connectivity index (χ1) is 13.4. The summed E-state index contributed by atoms with van der Waals surface area (Å²) in [5, 5.41) is 25.1. The third-order valence-electron chi connectivity index (χ3n) is 3.71. The number of hydrogen-bond donors (Lipinski definition) is 2. The van der Waals surface area contributed by atoms with Crippen LogP contribution in [0.4, 0.5) is 22.2 Å². The maximum absolute atomic E-state index is 12.4. The Bertz CT molecular complexity index is 991. The monoisotopic (exact) mass is 415 g/mol. The number of nitro benzene ring substituents is 1. The summed E-state index contributed by atoms with van der Waals surface area (Å²) in [4.78, 5) is 22.9. The molecule has 0 aliphatic carbocycles. The third-order valence-corrected chi connectivity index (χ3v) is 5.74. The fraction of sp³-hybridized carbons (Fsp3) is 0.167. The highest BCUT2D eigenvalue weighted by Gasteiger charge is 2.21. The lowest BCUT2D eigenvalue weighted by molar-refractivity contribution is -0.383. The van der Waals surface area contributed by atoms with E-state index in [0.717, 1.165) is 11.3 Å². The number of aryl methyl sites for hydroxylation is 1. The van der Waals surface area contributed by atoms with E-state index in [1.54, 1.807) is 19.1 Å². The van der Waals surface area contributed by atoms with E-state index in [1.165, 1.54) is 35.2 Å². The Labute approximate surface area is 169 Å². The van der Waals surface area contributed by atoms with Gasteiger partial charge in [0.25, 0.3) is 5.69 Å². The first kappa shape index (κ1) is 19.8. The largest absolute Gasteiger partial charge is 0.330 e. The molecule has 8 nitrogen and oxygen atoms in total. The van der Waals surface area contributed by atoms with Crippen LogP contribution in [0.15, 0.2) is 52.9 Å². The number of amides is 1. The average molecular weight is 416 g/mol. The number of nitrogens with zero attached hydrogens (tertiary/aromatic N) is 3. The average Bonchev–Trinajstić information content (AvgIpc) is 3.10. The number of aromatic nitrogens is 2. The molecule has 1 atom stereocenters. The Balaban J connectivity index is 1.61. The van der Waals surface area contributed by atoms with Gasteiger partial charge in [-0.05, 0) is 32.0 Å². The highest BCUT2D eigenvalue weighted by molar-refractivity contribution is 8.02. The van der Waals surface area contributed by atoms with E-state index in [9.17, 15) is 14.9 Å². The number of carbonyl (C=O) groups excluding carboxylic acids is 1. The minimum Gasteiger partial charge on any atom is -0.330 e. The second-order valence-corrected chi connectivity index (χ2v) is 8.45. The Morgan fingerprint density at radius 1 is 1.18 bits per heavy atom. The number of carbonyl (C=O) groups is 1. The van der Waals surface area contributed by atoms with E-state index in [1.807, 2.05) is 31.2 Å². The third kappa shape index (κ3) is 5.05. The van der Waals surface area contributed by atoms with Gasteiger partial charge in [-0.15, -0.1) is 10.2 Å². The lowest BCUT2D eigenvalue weighted by Crippen LogP contribution is -2.22. The van der Waals surface area contributed by atoms with E-state index in [4.69, 9.17) is 0 Å². The number of thioether (sulfide) groups is 1. The molecule has 1 aromatic heterocycles. The van der Waals surface area contributed by atoms with E-state index < -0.39 is 10.2 Å². The van der Waals surface area contributed by atoms with Crippen LogP contribution >= 0.6 is 23.1 Å². The fourth-order valence-corrected chi connectivity index (χ4v) is 4.16. The number of hydrogen-bond acceptors (Lipinski definition) is 8. The highest BCUT2D eigenvalue weighted by Crippen LogP contribution is 2.31. The van der Waals surface area contributed by atoms with Gasteiger partial charge in [-0.1, -0.05) is 52.9 Å². The molecule has 0 aliphatic rings. The molecule has 3 aromatic rings. The second kappa shape index (κ2) is 8.81. The maximum Gasteiger partial charge on any atom is 0.292 e. The first-order valence-corrected chi connectivity index (χ1v) is 10.00. The molecule has 0 radical (unpaired) electrons. The van der Waals surface area contributed by atoms with Crippen molar-refractivity contribution < 1.29 is 9.72 Å². The zero-order valence-corrected chi connectivity index (χ0v) is 16.7. The van der Waals surface area contributed by atoms with Crippen molar-refractivity contribution in [2.24, 2.45) is 0 Å². The Hall–Kier alpha value is -2.98. The zero-order valence-electron chi connectivity index (χ0n) is 15.1. The number of nitrogens with one attached hydrogen (secondary N) is 2. The SMILES string of the molecule is Cc1ccc(Nc2nnc(S[C@@H](C)C(=O)Nc3ccccc3[N+](=O)[O-])s2)cc1. The summed E-state index contributed by atoms with van der Waals surface area (Å²) in [6.45, 7) is 3.73. The summed E-state index contributed by atoms with van der Waals surface area (Å²) >= 11 is 2.58. The van der Waals surface area contributed by atoms with Gasteiger partial charge in [0.05, 0.1) is 10.2 Å². The van der Waals surface area contributed by atoms with Crippen molar-refractivity contribution in [2.75, 3.05) is 10.6 Å². The molecule has 0 aliphatic heterocycles. The summed E-state index contributed by atoms with van der Waals surface area (Å²) < 4.78 is 0.625. The molecule has 2 aromatic carbocycles. The molecule has 28 heavy (non-hydrogen) atoms. The molecule has 2 N–H and O–H groups in total. The van der Waals surface area contributed by atoms with Crippen LogP contribution in [0.5, 0.6) is 0 Å². The molecular weight excluding hydrogens is 398 g/mol. The highest BCUT2D eigenvalue weighted by atomic mass is 32.2. The minimum absolute atomic E-state index is 0.145. The molecule has 0 unspecified atom stereocenters. The molecule has 3 rings (SSSR count). The Morgan fingerprint density at radius 2 is 1.89 bits per heavy atom. The van der Waals surface area contributed by atoms with E-state index >= 15 is 0 Å². The van der Waals surface area contributed by atoms with Crippen LogP contribution in [-0.2, 0) is 4.79 Å². The second-order valence-electron chi connectivity index (χ2n) is 5.89. The van der Waals surface area contributed by atoms with Gasteiger partial charge in [0.2, 0.25) is 11.0 Å². The molecule has 10 heteroatoms. The minimum atomic E-state index is -0.527. The van der Waals surface area contributed by atoms with Crippen molar-refractivity contribution in [3.05, 3.63) is 64.2 Å². The summed E-state index contributed by atoms with van der Waals surface area (Å²) in [7, 11) is 0. The normalized spacial score (nSPS) is 11.6. The van der Waals surface area contributed by atoms with Crippen LogP contribution in [0.25, 0.3) is 0 Å². The van der Waals surface area contributed by atoms with Crippen LogP contribution in [0.1, 0.15) is 12.5 Å². The van der Waals surface area contributed by atoms with Gasteiger partial charge >= 0.3 is 0 Å². The molecule has 0 saturated carbocycles. The number of anilines is 3. The Morgan fingerprint density at radius 3 is 2.61 bits per heavy atom. The predicted molar refractivity (Wildman–Crippen MR) is 111 cm³/mol. The van der Waals surface area contributed by atoms with Crippen LogP contribution in [0, 0.1) is 17.0 Å². The molecule has 0 bridgehead atoms. The van der Waals surface area contributed by atoms with Gasteiger partial charge in [0.15, 0.2) is 4.34 Å². The first-order valence-electron chi connectivity index (χ1n) is 8.30. The summed E-state index contributed by atoms with van der Waals surface area (Å²) in [5.41, 5.74) is 2.09. The maximum atomic E-state index is 12.4. The quantitative estimate of drug-likeness (QED) is 0.329. The molecule has 1 amide bonds. The van der Waals surface area contributed by atoms with Gasteiger partial charge in [0.1, 0.15) is 5.69 Å². The Kier molecular flexibility index (Phi) is 6.22. The molecular formula is C18H17N5O3S2. The smallest absolute Gasteiger partial charge is 0.292 e. The molecule has 0 spiro atoms. The van der Waals surface area contributed by atoms with Crippen molar-refractivity contribution in [1.29, 1.82) is 0 Å². The lowest BCUT2D eigenvalue weighted by atomic mass is 10.2. The van der Waals surface area contributed by atoms with Gasteiger partial charge in [-0.2, -0.15) is 0 Å². The van der Waals surface area contributed by atoms with Crippen molar-refractivity contribution >= 4 is 51.2 Å². The molecule has 0 fully saturated rings.